The predicted octanol–water partition coefficient (Wildman–Crippen LogP) is 3.99. The highest BCUT2D eigenvalue weighted by molar-refractivity contribution is 9.10. The Morgan fingerprint density at radius 1 is 1.12 bits per heavy atom. The van der Waals surface area contributed by atoms with Crippen molar-refractivity contribution < 1.29 is 23.8 Å². The molecule has 0 heterocycles. The highest BCUT2D eigenvalue weighted by atomic mass is 79.9. The van der Waals surface area contributed by atoms with E-state index < -0.39 is 12.1 Å². The number of rotatable bonds is 5. The van der Waals surface area contributed by atoms with Gasteiger partial charge in [0.2, 0.25) is 0 Å². The lowest BCUT2D eigenvalue weighted by molar-refractivity contribution is 0.0602. The second-order valence-electron chi connectivity index (χ2n) is 4.71. The molecule has 1 amide bonds. The van der Waals surface area contributed by atoms with Crippen LogP contribution in [0.2, 0.25) is 0 Å². The van der Waals surface area contributed by atoms with Crippen LogP contribution in [0, 0.1) is 0 Å². The van der Waals surface area contributed by atoms with Crippen LogP contribution in [-0.2, 0) is 16.1 Å². The van der Waals surface area contributed by atoms with Gasteiger partial charge in [0.1, 0.15) is 12.4 Å². The first-order valence-corrected chi connectivity index (χ1v) is 7.78. The number of carbonyl (C=O) groups excluding carboxylic acids is 2. The molecular weight excluding hydrogens is 378 g/mol. The molecule has 2 rings (SSSR count). The third-order valence-corrected chi connectivity index (χ3v) is 3.77. The Hall–Kier alpha value is -2.54. The maximum absolute atomic E-state index is 12.0. The molecule has 2 aromatic rings. The summed E-state index contributed by atoms with van der Waals surface area (Å²) < 4.78 is 15.6. The number of benzene rings is 2. The van der Waals surface area contributed by atoms with E-state index in [4.69, 9.17) is 14.2 Å². The summed E-state index contributed by atoms with van der Waals surface area (Å²) in [6, 6.07) is 12.3. The first-order chi connectivity index (χ1) is 11.5. The lowest BCUT2D eigenvalue weighted by atomic mass is 10.1. The van der Waals surface area contributed by atoms with E-state index >= 15 is 0 Å². The molecule has 7 heteroatoms. The Morgan fingerprint density at radius 2 is 1.83 bits per heavy atom. The monoisotopic (exact) mass is 393 g/mol. The van der Waals surface area contributed by atoms with E-state index in [0.29, 0.717) is 10.2 Å². The minimum Gasteiger partial charge on any atom is -0.495 e. The van der Waals surface area contributed by atoms with Crippen LogP contribution in [0.25, 0.3) is 0 Å². The minimum absolute atomic E-state index is 0.119. The number of anilines is 1. The molecule has 2 aromatic carbocycles. The summed E-state index contributed by atoms with van der Waals surface area (Å²) >= 11 is 3.29. The van der Waals surface area contributed by atoms with Crippen LogP contribution < -0.4 is 10.1 Å². The molecule has 0 saturated carbocycles. The van der Waals surface area contributed by atoms with Crippen molar-refractivity contribution in [3.63, 3.8) is 0 Å². The molecule has 1 N–H and O–H groups in total. The van der Waals surface area contributed by atoms with Crippen molar-refractivity contribution in [3.8, 4) is 5.75 Å². The smallest absolute Gasteiger partial charge is 0.411 e. The molecule has 0 aromatic heterocycles. The van der Waals surface area contributed by atoms with E-state index in [-0.39, 0.29) is 17.9 Å². The standard InChI is InChI=1S/C17H16BrNO5/c1-22-15-9-14(12(8-13(15)18)16(20)23-2)19-17(21)24-10-11-6-4-3-5-7-11/h3-9H,10H2,1-2H3,(H,19,21). The van der Waals surface area contributed by atoms with Crippen LogP contribution in [0.1, 0.15) is 15.9 Å². The molecule has 24 heavy (non-hydrogen) atoms. The topological polar surface area (TPSA) is 73.9 Å². The minimum atomic E-state index is -0.687. The lowest BCUT2D eigenvalue weighted by Gasteiger charge is -2.13. The van der Waals surface area contributed by atoms with Crippen molar-refractivity contribution in [1.82, 2.24) is 0 Å². The Balaban J connectivity index is 2.14. The summed E-state index contributed by atoms with van der Waals surface area (Å²) in [5.41, 5.74) is 1.27. The molecule has 6 nitrogen and oxygen atoms in total. The van der Waals surface area contributed by atoms with E-state index in [1.54, 1.807) is 0 Å². The summed E-state index contributed by atoms with van der Waals surface area (Å²) in [4.78, 5) is 23.9. The number of hydrogen-bond donors (Lipinski definition) is 1. The first kappa shape index (κ1) is 17.8. The average Bonchev–Trinajstić information content (AvgIpc) is 2.61. The number of methoxy groups -OCH3 is 2. The molecule has 0 bridgehead atoms. The molecule has 0 atom stereocenters. The number of halogens is 1. The van der Waals surface area contributed by atoms with E-state index in [1.165, 1.54) is 26.4 Å². The van der Waals surface area contributed by atoms with Gasteiger partial charge in [-0.2, -0.15) is 0 Å². The first-order valence-electron chi connectivity index (χ1n) is 6.98. The highest BCUT2D eigenvalue weighted by Gasteiger charge is 2.18. The van der Waals surface area contributed by atoms with E-state index in [1.807, 2.05) is 30.3 Å². The lowest BCUT2D eigenvalue weighted by Crippen LogP contribution is -2.16. The van der Waals surface area contributed by atoms with Gasteiger partial charge < -0.3 is 14.2 Å². The second-order valence-corrected chi connectivity index (χ2v) is 5.56. The zero-order chi connectivity index (χ0) is 17.5. The van der Waals surface area contributed by atoms with E-state index in [9.17, 15) is 9.59 Å². The third-order valence-electron chi connectivity index (χ3n) is 3.15. The van der Waals surface area contributed by atoms with Gasteiger partial charge in [-0.1, -0.05) is 30.3 Å². The predicted molar refractivity (Wildman–Crippen MR) is 92.3 cm³/mol. The van der Waals surface area contributed by atoms with Crippen LogP contribution in [0.4, 0.5) is 10.5 Å². The Labute approximate surface area is 147 Å². The summed E-state index contributed by atoms with van der Waals surface area (Å²) in [5.74, 6) is -0.127. The SMILES string of the molecule is COC(=O)c1cc(Br)c(OC)cc1NC(=O)OCc1ccccc1. The fraction of sp³-hybridized carbons (Fsp3) is 0.176. The second kappa shape index (κ2) is 8.35. The molecule has 0 unspecified atom stereocenters. The van der Waals surface area contributed by atoms with Crippen LogP contribution in [0.3, 0.4) is 0 Å². The highest BCUT2D eigenvalue weighted by Crippen LogP contribution is 2.32. The van der Waals surface area contributed by atoms with E-state index in [2.05, 4.69) is 21.2 Å². The fourth-order valence-corrected chi connectivity index (χ4v) is 2.47. The van der Waals surface area contributed by atoms with Crippen LogP contribution in [-0.4, -0.2) is 26.3 Å². The van der Waals surface area contributed by atoms with Gasteiger partial charge in [0, 0.05) is 6.07 Å². The summed E-state index contributed by atoms with van der Waals surface area (Å²) in [6.07, 6.45) is -0.687. The van der Waals surface area contributed by atoms with Gasteiger partial charge >= 0.3 is 12.1 Å². The summed E-state index contributed by atoms with van der Waals surface area (Å²) in [5, 5.41) is 2.54. The molecule has 0 aliphatic heterocycles. The zero-order valence-corrected chi connectivity index (χ0v) is 14.8. The van der Waals surface area contributed by atoms with Gasteiger partial charge in [0.25, 0.3) is 0 Å². The Morgan fingerprint density at radius 3 is 2.46 bits per heavy atom. The fourth-order valence-electron chi connectivity index (χ4n) is 1.96. The number of amides is 1. The largest absolute Gasteiger partial charge is 0.495 e. The Bertz CT molecular complexity index is 733. The number of carbonyl (C=O) groups is 2. The molecule has 0 aliphatic rings. The molecule has 0 spiro atoms. The number of ether oxygens (including phenoxy) is 3. The van der Waals surface area contributed by atoms with Crippen molar-refractivity contribution in [2.75, 3.05) is 19.5 Å². The molecular formula is C17H16BrNO5. The molecule has 0 fully saturated rings. The van der Waals surface area contributed by atoms with Gasteiger partial charge in [0.05, 0.1) is 29.9 Å². The summed E-state index contributed by atoms with van der Waals surface area (Å²) in [6.45, 7) is 0.119. The number of hydrogen-bond acceptors (Lipinski definition) is 5. The molecule has 0 saturated heterocycles. The van der Waals surface area contributed by atoms with Gasteiger partial charge in [-0.15, -0.1) is 0 Å². The zero-order valence-electron chi connectivity index (χ0n) is 13.2. The van der Waals surface area contributed by atoms with Gasteiger partial charge in [0.15, 0.2) is 0 Å². The maximum atomic E-state index is 12.0. The normalized spacial score (nSPS) is 9.96. The molecule has 0 radical (unpaired) electrons. The van der Waals surface area contributed by atoms with Crippen LogP contribution in [0.5, 0.6) is 5.75 Å². The number of nitrogens with one attached hydrogen (secondary N) is 1. The van der Waals surface area contributed by atoms with Crippen molar-refractivity contribution >= 4 is 33.7 Å². The average molecular weight is 394 g/mol. The van der Waals surface area contributed by atoms with Crippen molar-refractivity contribution in [2.45, 2.75) is 6.61 Å². The van der Waals surface area contributed by atoms with Crippen LogP contribution in [0.15, 0.2) is 46.9 Å². The van der Waals surface area contributed by atoms with Gasteiger partial charge in [-0.25, -0.2) is 9.59 Å². The summed E-state index contributed by atoms with van der Waals surface area (Å²) in [7, 11) is 2.74. The number of esters is 1. The molecule has 0 aliphatic carbocycles. The van der Waals surface area contributed by atoms with Crippen molar-refractivity contribution in [2.24, 2.45) is 0 Å². The van der Waals surface area contributed by atoms with Gasteiger partial charge in [-0.3, -0.25) is 5.32 Å². The maximum Gasteiger partial charge on any atom is 0.411 e. The van der Waals surface area contributed by atoms with Crippen LogP contribution >= 0.6 is 15.9 Å². The molecule has 126 valence electrons. The van der Waals surface area contributed by atoms with E-state index in [0.717, 1.165) is 5.56 Å². The van der Waals surface area contributed by atoms with Crippen molar-refractivity contribution in [1.29, 1.82) is 0 Å². The van der Waals surface area contributed by atoms with Crippen molar-refractivity contribution in [3.05, 3.63) is 58.1 Å². The quantitative estimate of drug-likeness (QED) is 0.777. The Kier molecular flexibility index (Phi) is 6.20. The third kappa shape index (κ3) is 4.48. The van der Waals surface area contributed by atoms with Gasteiger partial charge in [-0.05, 0) is 27.6 Å².